The number of piperidine rings is 1. The van der Waals surface area contributed by atoms with Crippen LogP contribution in [-0.4, -0.2) is 63.3 Å². The molecule has 2 heterocycles. The Balaban J connectivity index is 1.72. The highest BCUT2D eigenvalue weighted by molar-refractivity contribution is 5.80. The van der Waals surface area contributed by atoms with Crippen LogP contribution in [0.5, 0.6) is 0 Å². The summed E-state index contributed by atoms with van der Waals surface area (Å²) < 4.78 is 10.5. The number of aliphatic imine (C=N–C) groups is 1. The predicted octanol–water partition coefficient (Wildman–Crippen LogP) is 1.88. The number of nitrogens with one attached hydrogen (secondary N) is 2. The van der Waals surface area contributed by atoms with Crippen molar-refractivity contribution in [1.82, 2.24) is 15.5 Å². The van der Waals surface area contributed by atoms with Crippen LogP contribution in [0.15, 0.2) is 27.8 Å². The monoisotopic (exact) mass is 336 g/mol. The molecule has 1 aromatic heterocycles. The van der Waals surface area contributed by atoms with E-state index < -0.39 is 0 Å². The van der Waals surface area contributed by atoms with Crippen LogP contribution in [0.2, 0.25) is 0 Å². The van der Waals surface area contributed by atoms with Crippen LogP contribution < -0.4 is 10.6 Å². The van der Waals surface area contributed by atoms with Crippen LogP contribution in [-0.2, 0) is 11.2 Å². The lowest BCUT2D eigenvalue weighted by Crippen LogP contribution is -2.49. The summed E-state index contributed by atoms with van der Waals surface area (Å²) in [5, 5.41) is 7.03. The molecule has 24 heavy (non-hydrogen) atoms. The molecular formula is C18H32N4O2. The first-order valence-corrected chi connectivity index (χ1v) is 9.10. The highest BCUT2D eigenvalue weighted by atomic mass is 16.5. The number of methoxy groups -OCH3 is 1. The summed E-state index contributed by atoms with van der Waals surface area (Å²) in [5.74, 6) is 1.93. The van der Waals surface area contributed by atoms with Crippen molar-refractivity contribution in [3.8, 4) is 0 Å². The molecule has 1 aliphatic rings. The lowest BCUT2D eigenvalue weighted by Gasteiger charge is -2.32. The van der Waals surface area contributed by atoms with E-state index in [0.29, 0.717) is 6.04 Å². The van der Waals surface area contributed by atoms with Gasteiger partial charge < -0.3 is 24.7 Å². The van der Waals surface area contributed by atoms with Crippen LogP contribution in [0.1, 0.15) is 31.9 Å². The van der Waals surface area contributed by atoms with Crippen molar-refractivity contribution in [3.05, 3.63) is 24.2 Å². The Morgan fingerprint density at radius 1 is 1.42 bits per heavy atom. The molecule has 2 rings (SSSR count). The van der Waals surface area contributed by atoms with Gasteiger partial charge in [0, 0.05) is 52.3 Å². The van der Waals surface area contributed by atoms with Crippen molar-refractivity contribution >= 4 is 5.96 Å². The van der Waals surface area contributed by atoms with E-state index in [2.05, 4.69) is 27.4 Å². The van der Waals surface area contributed by atoms with Gasteiger partial charge >= 0.3 is 0 Å². The van der Waals surface area contributed by atoms with E-state index in [-0.39, 0.29) is 0 Å². The fourth-order valence-corrected chi connectivity index (χ4v) is 2.85. The maximum atomic E-state index is 5.37. The summed E-state index contributed by atoms with van der Waals surface area (Å²) >= 11 is 0. The third kappa shape index (κ3) is 6.93. The fourth-order valence-electron chi connectivity index (χ4n) is 2.85. The molecular weight excluding hydrogens is 304 g/mol. The summed E-state index contributed by atoms with van der Waals surface area (Å²) in [7, 11) is 1.76. The molecule has 6 nitrogen and oxygen atoms in total. The van der Waals surface area contributed by atoms with E-state index in [1.54, 1.807) is 13.4 Å². The van der Waals surface area contributed by atoms with Crippen molar-refractivity contribution in [1.29, 1.82) is 0 Å². The molecule has 0 aromatic carbocycles. The zero-order chi connectivity index (χ0) is 17.0. The molecule has 6 heteroatoms. The van der Waals surface area contributed by atoms with Gasteiger partial charge in [-0.1, -0.05) is 6.92 Å². The molecule has 136 valence electrons. The van der Waals surface area contributed by atoms with Gasteiger partial charge in [0.2, 0.25) is 0 Å². The molecule has 1 saturated heterocycles. The van der Waals surface area contributed by atoms with E-state index >= 15 is 0 Å². The number of ether oxygens (including phenoxy) is 1. The Hall–Kier alpha value is -1.53. The number of guanidine groups is 1. The number of furan rings is 1. The normalized spacial score (nSPS) is 17.2. The maximum absolute atomic E-state index is 5.37. The van der Waals surface area contributed by atoms with E-state index in [0.717, 1.165) is 76.7 Å². The quantitative estimate of drug-likeness (QED) is 0.532. The number of hydrogen-bond donors (Lipinski definition) is 2. The average molecular weight is 336 g/mol. The van der Waals surface area contributed by atoms with Crippen LogP contribution >= 0.6 is 0 Å². The lowest BCUT2D eigenvalue weighted by molar-refractivity contribution is 0.128. The molecule has 1 fully saturated rings. The summed E-state index contributed by atoms with van der Waals surface area (Å²) in [6.45, 7) is 7.91. The van der Waals surface area contributed by atoms with Crippen molar-refractivity contribution in [2.24, 2.45) is 4.99 Å². The molecule has 0 saturated carbocycles. The highest BCUT2D eigenvalue weighted by Gasteiger charge is 2.19. The third-order valence-electron chi connectivity index (χ3n) is 4.28. The standard InChI is InChI=1S/C18H32N4O2/c1-3-9-19-18(20-10-6-17-5-4-14-24-17)21-16-7-11-22(12-8-16)13-15-23-2/h4-5,14,16H,3,6-13,15H2,1-2H3,(H2,19,20,21). The summed E-state index contributed by atoms with van der Waals surface area (Å²) in [4.78, 5) is 7.12. The number of nitrogens with zero attached hydrogens (tertiary/aromatic N) is 2. The van der Waals surface area contributed by atoms with Crippen LogP contribution in [0, 0.1) is 0 Å². The van der Waals surface area contributed by atoms with E-state index in [9.17, 15) is 0 Å². The second-order valence-electron chi connectivity index (χ2n) is 6.24. The minimum absolute atomic E-state index is 0.496. The van der Waals surface area contributed by atoms with Crippen LogP contribution in [0.25, 0.3) is 0 Å². The molecule has 0 aliphatic carbocycles. The molecule has 0 unspecified atom stereocenters. The van der Waals surface area contributed by atoms with Crippen molar-refractivity contribution in [2.75, 3.05) is 46.4 Å². The van der Waals surface area contributed by atoms with Gasteiger partial charge in [0.25, 0.3) is 0 Å². The fraction of sp³-hybridized carbons (Fsp3) is 0.722. The Kier molecular flexibility index (Phi) is 8.70. The van der Waals surface area contributed by atoms with Gasteiger partial charge in [-0.25, -0.2) is 0 Å². The SMILES string of the molecule is CCCN=C(NCCc1ccco1)NC1CCN(CCOC)CC1. The van der Waals surface area contributed by atoms with Gasteiger partial charge in [0.1, 0.15) is 5.76 Å². The summed E-state index contributed by atoms with van der Waals surface area (Å²) in [6.07, 6.45) is 5.94. The molecule has 1 aliphatic heterocycles. The van der Waals surface area contributed by atoms with Gasteiger partial charge in [-0.2, -0.15) is 0 Å². The van der Waals surface area contributed by atoms with Crippen molar-refractivity contribution < 1.29 is 9.15 Å². The van der Waals surface area contributed by atoms with Gasteiger partial charge in [0.15, 0.2) is 5.96 Å². The molecule has 0 bridgehead atoms. The number of hydrogen-bond acceptors (Lipinski definition) is 4. The zero-order valence-electron chi connectivity index (χ0n) is 15.1. The second kappa shape index (κ2) is 11.1. The minimum atomic E-state index is 0.496. The first-order chi connectivity index (χ1) is 11.8. The van der Waals surface area contributed by atoms with Gasteiger partial charge in [-0.05, 0) is 31.4 Å². The Bertz CT molecular complexity index is 454. The summed E-state index contributed by atoms with van der Waals surface area (Å²) in [5.41, 5.74) is 0. The number of rotatable bonds is 9. The van der Waals surface area contributed by atoms with E-state index in [1.165, 1.54) is 0 Å². The van der Waals surface area contributed by atoms with Gasteiger partial charge in [0.05, 0.1) is 12.9 Å². The third-order valence-corrected chi connectivity index (χ3v) is 4.28. The Morgan fingerprint density at radius 3 is 2.92 bits per heavy atom. The lowest BCUT2D eigenvalue weighted by atomic mass is 10.1. The minimum Gasteiger partial charge on any atom is -0.469 e. The topological polar surface area (TPSA) is 62.0 Å². The van der Waals surface area contributed by atoms with Crippen LogP contribution in [0.3, 0.4) is 0 Å². The smallest absolute Gasteiger partial charge is 0.191 e. The summed E-state index contributed by atoms with van der Waals surface area (Å²) in [6, 6.07) is 4.43. The Morgan fingerprint density at radius 2 is 2.25 bits per heavy atom. The second-order valence-corrected chi connectivity index (χ2v) is 6.24. The first-order valence-electron chi connectivity index (χ1n) is 9.10. The average Bonchev–Trinajstić information content (AvgIpc) is 3.12. The van der Waals surface area contributed by atoms with E-state index in [4.69, 9.17) is 9.15 Å². The molecule has 0 radical (unpaired) electrons. The molecule has 0 atom stereocenters. The van der Waals surface area contributed by atoms with Gasteiger partial charge in [-0.15, -0.1) is 0 Å². The largest absolute Gasteiger partial charge is 0.469 e. The van der Waals surface area contributed by atoms with Crippen molar-refractivity contribution in [2.45, 2.75) is 38.6 Å². The molecule has 1 aromatic rings. The molecule has 0 amide bonds. The van der Waals surface area contributed by atoms with Gasteiger partial charge in [-0.3, -0.25) is 4.99 Å². The first kappa shape index (κ1) is 18.8. The maximum Gasteiger partial charge on any atom is 0.191 e. The van der Waals surface area contributed by atoms with Crippen LogP contribution in [0.4, 0.5) is 0 Å². The van der Waals surface area contributed by atoms with Crippen molar-refractivity contribution in [3.63, 3.8) is 0 Å². The highest BCUT2D eigenvalue weighted by Crippen LogP contribution is 2.10. The predicted molar refractivity (Wildman–Crippen MR) is 97.5 cm³/mol. The number of likely N-dealkylation sites (tertiary alicyclic amines) is 1. The Labute approximate surface area is 145 Å². The molecule has 2 N–H and O–H groups in total. The zero-order valence-corrected chi connectivity index (χ0v) is 15.1. The molecule has 0 spiro atoms. The van der Waals surface area contributed by atoms with E-state index in [1.807, 2.05) is 12.1 Å².